The first-order valence-electron chi connectivity index (χ1n) is 1.94. The lowest BCUT2D eigenvalue weighted by Gasteiger charge is -1.71. The molecular formula is C6H7NOS. The van der Waals surface area contributed by atoms with Crippen LogP contribution in [0.5, 0.6) is 5.88 Å². The van der Waals surface area contributed by atoms with Crippen LogP contribution in [0.1, 0.15) is 12.4 Å². The summed E-state index contributed by atoms with van der Waals surface area (Å²) in [6, 6.07) is 0. The average Bonchev–Trinajstić information content (AvgIpc) is 2.14. The van der Waals surface area contributed by atoms with Gasteiger partial charge in [-0.15, -0.1) is 17.8 Å². The van der Waals surface area contributed by atoms with E-state index in [1.165, 1.54) is 16.7 Å². The minimum atomic E-state index is 0. The molecule has 1 aromatic rings. The van der Waals surface area contributed by atoms with E-state index in [0.717, 1.165) is 0 Å². The first kappa shape index (κ1) is 7.99. The maximum absolute atomic E-state index is 8.59. The third kappa shape index (κ3) is 1.74. The van der Waals surface area contributed by atoms with Crippen molar-refractivity contribution in [2.45, 2.75) is 7.43 Å². The predicted molar refractivity (Wildman–Crippen MR) is 38.4 cm³/mol. The Hall–Kier alpha value is -1.01. The molecule has 0 radical (unpaired) electrons. The molecule has 0 saturated carbocycles. The van der Waals surface area contributed by atoms with Gasteiger partial charge in [-0.05, 0) is 5.92 Å². The highest BCUT2D eigenvalue weighted by atomic mass is 32.1. The Morgan fingerprint density at radius 1 is 1.78 bits per heavy atom. The number of hydrogen-bond donors (Lipinski definition) is 1. The van der Waals surface area contributed by atoms with Crippen molar-refractivity contribution in [3.63, 3.8) is 0 Å². The van der Waals surface area contributed by atoms with Gasteiger partial charge in [-0.1, -0.05) is 7.43 Å². The van der Waals surface area contributed by atoms with Gasteiger partial charge in [0.25, 0.3) is 0 Å². The Bertz CT molecular complexity index is 223. The zero-order chi connectivity index (χ0) is 5.98. The summed E-state index contributed by atoms with van der Waals surface area (Å²) in [5, 5.41) is 10.6. The SMILES string of the molecule is C.C#Cc1nc(O)cs1. The zero-order valence-electron chi connectivity index (χ0n) is 3.96. The average molecular weight is 141 g/mol. The van der Waals surface area contributed by atoms with E-state index in [-0.39, 0.29) is 13.3 Å². The molecule has 0 spiro atoms. The second kappa shape index (κ2) is 3.10. The van der Waals surface area contributed by atoms with E-state index in [9.17, 15) is 0 Å². The molecule has 9 heavy (non-hydrogen) atoms. The van der Waals surface area contributed by atoms with Crippen LogP contribution in [0.2, 0.25) is 0 Å². The van der Waals surface area contributed by atoms with E-state index in [4.69, 9.17) is 11.5 Å². The molecule has 0 unspecified atom stereocenters. The summed E-state index contributed by atoms with van der Waals surface area (Å²) >= 11 is 1.25. The molecule has 2 nitrogen and oxygen atoms in total. The summed E-state index contributed by atoms with van der Waals surface area (Å²) in [7, 11) is 0. The fraction of sp³-hybridized carbons (Fsp3) is 0.167. The lowest BCUT2D eigenvalue weighted by atomic mass is 10.7. The van der Waals surface area contributed by atoms with Crippen molar-refractivity contribution in [1.29, 1.82) is 0 Å². The fourth-order valence-corrected chi connectivity index (χ4v) is 0.816. The van der Waals surface area contributed by atoms with Crippen LogP contribution in [0.15, 0.2) is 5.38 Å². The van der Waals surface area contributed by atoms with Crippen molar-refractivity contribution >= 4 is 11.3 Å². The van der Waals surface area contributed by atoms with Gasteiger partial charge in [-0.25, -0.2) is 0 Å². The Labute approximate surface area is 58.2 Å². The molecule has 0 saturated heterocycles. The van der Waals surface area contributed by atoms with Crippen molar-refractivity contribution < 1.29 is 5.11 Å². The number of terminal acetylenes is 1. The third-order valence-electron chi connectivity index (χ3n) is 0.616. The van der Waals surface area contributed by atoms with Gasteiger partial charge in [-0.3, -0.25) is 0 Å². The van der Waals surface area contributed by atoms with E-state index < -0.39 is 0 Å². The number of aromatic hydroxyl groups is 1. The van der Waals surface area contributed by atoms with Gasteiger partial charge in [0.15, 0.2) is 5.01 Å². The van der Waals surface area contributed by atoms with E-state index in [0.29, 0.717) is 5.01 Å². The summed E-state index contributed by atoms with van der Waals surface area (Å²) in [6.07, 6.45) is 4.95. The molecule has 0 amide bonds. The topological polar surface area (TPSA) is 33.1 Å². The third-order valence-corrected chi connectivity index (χ3v) is 1.38. The molecule has 1 rings (SSSR count). The van der Waals surface area contributed by atoms with Gasteiger partial charge in [0.1, 0.15) is 0 Å². The van der Waals surface area contributed by atoms with Crippen LogP contribution >= 0.6 is 11.3 Å². The highest BCUT2D eigenvalue weighted by Gasteiger charge is 1.92. The molecule has 0 aliphatic rings. The Kier molecular flexibility index (Phi) is 2.75. The summed E-state index contributed by atoms with van der Waals surface area (Å²) in [5.41, 5.74) is 0. The second-order valence-electron chi connectivity index (χ2n) is 1.16. The highest BCUT2D eigenvalue weighted by molar-refractivity contribution is 7.10. The Morgan fingerprint density at radius 3 is 2.67 bits per heavy atom. The van der Waals surface area contributed by atoms with Gasteiger partial charge in [0, 0.05) is 0 Å². The second-order valence-corrected chi connectivity index (χ2v) is 2.01. The normalized spacial score (nSPS) is 7.44. The van der Waals surface area contributed by atoms with Gasteiger partial charge >= 0.3 is 0 Å². The first-order chi connectivity index (χ1) is 3.83. The van der Waals surface area contributed by atoms with Gasteiger partial charge in [0.05, 0.1) is 5.38 Å². The largest absolute Gasteiger partial charge is 0.493 e. The van der Waals surface area contributed by atoms with Gasteiger partial charge in [0.2, 0.25) is 5.88 Å². The molecule has 0 aliphatic heterocycles. The van der Waals surface area contributed by atoms with Gasteiger partial charge in [-0.2, -0.15) is 4.98 Å². The van der Waals surface area contributed by atoms with Crippen molar-refractivity contribution in [2.24, 2.45) is 0 Å². The van der Waals surface area contributed by atoms with Crippen LogP contribution in [-0.4, -0.2) is 10.1 Å². The molecule has 0 bridgehead atoms. The van der Waals surface area contributed by atoms with Crippen LogP contribution in [0.3, 0.4) is 0 Å². The van der Waals surface area contributed by atoms with Crippen LogP contribution in [-0.2, 0) is 0 Å². The molecule has 0 aliphatic carbocycles. The van der Waals surface area contributed by atoms with E-state index in [1.807, 2.05) is 0 Å². The maximum Gasteiger partial charge on any atom is 0.223 e. The summed E-state index contributed by atoms with van der Waals surface area (Å²) in [4.78, 5) is 3.57. The molecule has 0 atom stereocenters. The molecule has 0 fully saturated rings. The summed E-state index contributed by atoms with van der Waals surface area (Å²) < 4.78 is 0. The molecule has 1 heterocycles. The van der Waals surface area contributed by atoms with E-state index in [2.05, 4.69) is 10.9 Å². The molecule has 1 aromatic heterocycles. The highest BCUT2D eigenvalue weighted by Crippen LogP contribution is 2.12. The quantitative estimate of drug-likeness (QED) is 0.555. The number of aromatic nitrogens is 1. The molecular weight excluding hydrogens is 134 g/mol. The minimum Gasteiger partial charge on any atom is -0.493 e. The Morgan fingerprint density at radius 2 is 2.44 bits per heavy atom. The van der Waals surface area contributed by atoms with Crippen molar-refractivity contribution in [1.82, 2.24) is 4.98 Å². The fourth-order valence-electron chi connectivity index (χ4n) is 0.332. The van der Waals surface area contributed by atoms with E-state index >= 15 is 0 Å². The first-order valence-corrected chi connectivity index (χ1v) is 2.82. The minimum absolute atomic E-state index is 0. The number of hydrogen-bond acceptors (Lipinski definition) is 3. The van der Waals surface area contributed by atoms with E-state index in [1.54, 1.807) is 0 Å². The van der Waals surface area contributed by atoms with Gasteiger partial charge < -0.3 is 5.11 Å². The smallest absolute Gasteiger partial charge is 0.223 e. The lowest BCUT2D eigenvalue weighted by Crippen LogP contribution is -1.65. The summed E-state index contributed by atoms with van der Waals surface area (Å²) in [6.45, 7) is 0. The molecule has 3 heteroatoms. The van der Waals surface area contributed by atoms with Crippen LogP contribution in [0.25, 0.3) is 0 Å². The van der Waals surface area contributed by atoms with Crippen LogP contribution in [0.4, 0.5) is 0 Å². The van der Waals surface area contributed by atoms with Crippen molar-refractivity contribution in [3.8, 4) is 18.2 Å². The van der Waals surface area contributed by atoms with Crippen molar-refractivity contribution in [2.75, 3.05) is 0 Å². The number of nitrogens with zero attached hydrogens (tertiary/aromatic N) is 1. The monoisotopic (exact) mass is 141 g/mol. The molecule has 0 aromatic carbocycles. The maximum atomic E-state index is 8.59. The molecule has 1 N–H and O–H groups in total. The Balaban J connectivity index is 0.000000640. The number of rotatable bonds is 0. The van der Waals surface area contributed by atoms with Crippen LogP contribution in [0, 0.1) is 12.3 Å². The van der Waals surface area contributed by atoms with Crippen LogP contribution < -0.4 is 0 Å². The number of thiazole rings is 1. The standard InChI is InChI=1S/C5H3NOS.CH4/c1-2-5-6-4(7)3-8-5;/h1,3,7H;1H4. The van der Waals surface area contributed by atoms with Crippen molar-refractivity contribution in [3.05, 3.63) is 10.4 Å². The lowest BCUT2D eigenvalue weighted by molar-refractivity contribution is 0.457. The zero-order valence-corrected chi connectivity index (χ0v) is 4.77. The molecule has 48 valence electrons. The predicted octanol–water partition coefficient (Wildman–Crippen LogP) is 1.47. The summed E-state index contributed by atoms with van der Waals surface area (Å²) in [5.74, 6) is 2.30.